The minimum absolute atomic E-state index is 0.262. The second-order valence-corrected chi connectivity index (χ2v) is 8.25. The molecule has 0 unspecified atom stereocenters. The average Bonchev–Trinajstić information content (AvgIpc) is 3.38. The summed E-state index contributed by atoms with van der Waals surface area (Å²) in [5.41, 5.74) is 1.67. The van der Waals surface area contributed by atoms with Gasteiger partial charge >= 0.3 is 0 Å². The molecule has 0 amide bonds. The molecule has 4 nitrogen and oxygen atoms in total. The van der Waals surface area contributed by atoms with Crippen molar-refractivity contribution in [3.63, 3.8) is 0 Å². The normalized spacial score (nSPS) is 16.4. The maximum Gasteiger partial charge on any atom is 0.191 e. The Hall–Kier alpha value is -1.07. The molecular weight excluding hydrogens is 376 g/mol. The summed E-state index contributed by atoms with van der Waals surface area (Å²) in [4.78, 5) is 6.76. The Balaban J connectivity index is 1.72. The van der Waals surface area contributed by atoms with E-state index in [0.29, 0.717) is 6.04 Å². The Morgan fingerprint density at radius 3 is 2.56 bits per heavy atom. The van der Waals surface area contributed by atoms with Gasteiger partial charge < -0.3 is 15.5 Å². The van der Waals surface area contributed by atoms with Crippen LogP contribution in [0.25, 0.3) is 0 Å². The van der Waals surface area contributed by atoms with Crippen LogP contribution in [0, 0.1) is 0 Å². The van der Waals surface area contributed by atoms with Gasteiger partial charge in [-0.25, -0.2) is 0 Å². The number of unbranched alkanes of at least 4 members (excludes halogenated alkanes) is 1. The molecule has 5 heteroatoms. The highest BCUT2D eigenvalue weighted by Gasteiger charge is 2.45. The number of guanidine groups is 1. The number of nitrogens with one attached hydrogen (secondary N) is 2. The summed E-state index contributed by atoms with van der Waals surface area (Å²) in [5.74, 6) is 0.913. The molecule has 1 aliphatic carbocycles. The van der Waals surface area contributed by atoms with E-state index in [1.807, 2.05) is 7.05 Å². The summed E-state index contributed by atoms with van der Waals surface area (Å²) in [6.45, 7) is 7.53. The van der Waals surface area contributed by atoms with Gasteiger partial charge in [0.2, 0.25) is 0 Å². The van der Waals surface area contributed by atoms with Gasteiger partial charge in [0.05, 0.1) is 0 Å². The zero-order valence-electron chi connectivity index (χ0n) is 16.1. The minimum Gasteiger partial charge on any atom is -0.356 e. The smallest absolute Gasteiger partial charge is 0.191 e. The molecule has 0 radical (unpaired) electrons. The van der Waals surface area contributed by atoms with Crippen molar-refractivity contribution in [1.82, 2.24) is 15.5 Å². The lowest BCUT2D eigenvalue weighted by molar-refractivity contribution is 0.268. The zero-order chi connectivity index (χ0) is 18.3. The third-order valence-corrected chi connectivity index (χ3v) is 5.92. The lowest BCUT2D eigenvalue weighted by atomic mass is 9.96. The van der Waals surface area contributed by atoms with Crippen LogP contribution in [0.2, 0.25) is 0 Å². The third kappa shape index (κ3) is 6.00. The first-order valence-electron chi connectivity index (χ1n) is 9.38. The van der Waals surface area contributed by atoms with E-state index in [-0.39, 0.29) is 5.41 Å². The predicted octanol–water partition coefficient (Wildman–Crippen LogP) is 3.77. The molecule has 0 bridgehead atoms. The van der Waals surface area contributed by atoms with Gasteiger partial charge in [0.15, 0.2) is 5.96 Å². The van der Waals surface area contributed by atoms with E-state index in [4.69, 9.17) is 0 Å². The Bertz CT molecular complexity index is 567. The second-order valence-electron chi connectivity index (χ2n) is 7.39. The van der Waals surface area contributed by atoms with Crippen LogP contribution in [0.3, 0.4) is 0 Å². The van der Waals surface area contributed by atoms with Gasteiger partial charge in [-0.15, -0.1) is 0 Å². The number of hydrogen-bond acceptors (Lipinski definition) is 2. The quantitative estimate of drug-likeness (QED) is 0.371. The molecule has 25 heavy (non-hydrogen) atoms. The van der Waals surface area contributed by atoms with E-state index < -0.39 is 0 Å². The molecule has 0 saturated heterocycles. The number of aliphatic imine (C=N–C) groups is 1. The second kappa shape index (κ2) is 9.58. The molecule has 1 aromatic rings. The standard InChI is InChI=1S/C20H33BrN4/c1-16(2)25(4)14-8-7-13-23-19(22-3)24-15-20(11-12-20)17-9-5-6-10-18(17)21/h5-6,9-10,16H,7-8,11-15H2,1-4H3,(H2,22,23,24). The van der Waals surface area contributed by atoms with E-state index in [1.54, 1.807) is 0 Å². The van der Waals surface area contributed by atoms with Crippen molar-refractivity contribution in [2.24, 2.45) is 4.99 Å². The summed E-state index contributed by atoms with van der Waals surface area (Å²) in [6, 6.07) is 9.20. The molecule has 1 aliphatic rings. The maximum atomic E-state index is 4.37. The van der Waals surface area contributed by atoms with E-state index in [0.717, 1.165) is 32.0 Å². The highest BCUT2D eigenvalue weighted by atomic mass is 79.9. The fraction of sp³-hybridized carbons (Fsp3) is 0.650. The van der Waals surface area contributed by atoms with Crippen molar-refractivity contribution < 1.29 is 0 Å². The Morgan fingerprint density at radius 2 is 1.96 bits per heavy atom. The largest absolute Gasteiger partial charge is 0.356 e. The first kappa shape index (κ1) is 20.2. The number of benzene rings is 1. The first-order chi connectivity index (χ1) is 12.0. The van der Waals surface area contributed by atoms with E-state index >= 15 is 0 Å². The van der Waals surface area contributed by atoms with Crippen LogP contribution in [0.4, 0.5) is 0 Å². The maximum absolute atomic E-state index is 4.37. The molecule has 0 atom stereocenters. The minimum atomic E-state index is 0.262. The molecule has 140 valence electrons. The molecule has 0 aliphatic heterocycles. The SMILES string of the molecule is CN=C(NCCCCN(C)C(C)C)NCC1(c2ccccc2Br)CC1. The van der Waals surface area contributed by atoms with Gasteiger partial charge in [-0.05, 0) is 64.8 Å². The number of hydrogen-bond donors (Lipinski definition) is 2. The molecule has 1 fully saturated rings. The van der Waals surface area contributed by atoms with Crippen molar-refractivity contribution in [2.45, 2.75) is 51.0 Å². The molecule has 0 spiro atoms. The predicted molar refractivity (Wildman–Crippen MR) is 111 cm³/mol. The van der Waals surface area contributed by atoms with Crippen LogP contribution in [0.1, 0.15) is 45.1 Å². The fourth-order valence-electron chi connectivity index (χ4n) is 3.01. The third-order valence-electron chi connectivity index (χ3n) is 5.23. The average molecular weight is 409 g/mol. The van der Waals surface area contributed by atoms with Crippen LogP contribution >= 0.6 is 15.9 Å². The monoisotopic (exact) mass is 408 g/mol. The number of rotatable bonds is 9. The van der Waals surface area contributed by atoms with Gasteiger partial charge in [-0.1, -0.05) is 34.1 Å². The Kier molecular flexibility index (Phi) is 7.76. The zero-order valence-corrected chi connectivity index (χ0v) is 17.7. The molecule has 1 saturated carbocycles. The summed E-state index contributed by atoms with van der Waals surface area (Å²) in [5, 5.41) is 6.97. The van der Waals surface area contributed by atoms with Crippen molar-refractivity contribution in [3.8, 4) is 0 Å². The molecular formula is C20H33BrN4. The van der Waals surface area contributed by atoms with Gasteiger partial charge in [0, 0.05) is 36.1 Å². The van der Waals surface area contributed by atoms with Crippen LogP contribution < -0.4 is 10.6 Å². The van der Waals surface area contributed by atoms with E-state index in [9.17, 15) is 0 Å². The van der Waals surface area contributed by atoms with Crippen molar-refractivity contribution in [2.75, 3.05) is 33.7 Å². The highest BCUT2D eigenvalue weighted by molar-refractivity contribution is 9.10. The molecule has 2 N–H and O–H groups in total. The van der Waals surface area contributed by atoms with Crippen molar-refractivity contribution >= 4 is 21.9 Å². The Labute approximate surface area is 161 Å². The molecule has 0 aromatic heterocycles. The van der Waals surface area contributed by atoms with Crippen molar-refractivity contribution in [1.29, 1.82) is 0 Å². The summed E-state index contributed by atoms with van der Waals surface area (Å²) in [7, 11) is 4.04. The first-order valence-corrected chi connectivity index (χ1v) is 10.2. The van der Waals surface area contributed by atoms with Crippen LogP contribution in [-0.2, 0) is 5.41 Å². The topological polar surface area (TPSA) is 39.7 Å². The summed E-state index contributed by atoms with van der Waals surface area (Å²) < 4.78 is 1.21. The van der Waals surface area contributed by atoms with Crippen molar-refractivity contribution in [3.05, 3.63) is 34.3 Å². The number of halogens is 1. The van der Waals surface area contributed by atoms with Crippen LogP contribution in [0.15, 0.2) is 33.7 Å². The molecule has 2 rings (SSSR count). The molecule has 1 aromatic carbocycles. The van der Waals surface area contributed by atoms with Gasteiger partial charge in [0.25, 0.3) is 0 Å². The fourth-order valence-corrected chi connectivity index (χ4v) is 3.71. The van der Waals surface area contributed by atoms with Gasteiger partial charge in [-0.3, -0.25) is 4.99 Å². The van der Waals surface area contributed by atoms with Gasteiger partial charge in [-0.2, -0.15) is 0 Å². The summed E-state index contributed by atoms with van der Waals surface area (Å²) >= 11 is 3.70. The molecule has 0 heterocycles. The number of nitrogens with zero attached hydrogens (tertiary/aromatic N) is 2. The summed E-state index contributed by atoms with van der Waals surface area (Å²) in [6.07, 6.45) is 4.84. The highest BCUT2D eigenvalue weighted by Crippen LogP contribution is 2.49. The van der Waals surface area contributed by atoms with Crippen LogP contribution in [-0.4, -0.2) is 50.6 Å². The lowest BCUT2D eigenvalue weighted by Crippen LogP contribution is -2.41. The van der Waals surface area contributed by atoms with Gasteiger partial charge in [0.1, 0.15) is 0 Å². The van der Waals surface area contributed by atoms with E-state index in [1.165, 1.54) is 29.3 Å². The lowest BCUT2D eigenvalue weighted by Gasteiger charge is -2.21. The van der Waals surface area contributed by atoms with E-state index in [2.05, 4.69) is 81.6 Å². The Morgan fingerprint density at radius 1 is 1.24 bits per heavy atom. The van der Waals surface area contributed by atoms with Crippen LogP contribution in [0.5, 0.6) is 0 Å².